The van der Waals surface area contributed by atoms with Gasteiger partial charge in [0, 0.05) is 15.2 Å². The maximum Gasteiger partial charge on any atom is 0.0484 e. The molecular weight excluding hydrogens is 296 g/mol. The van der Waals surface area contributed by atoms with E-state index < -0.39 is 0 Å². The quantitative estimate of drug-likeness (QED) is 0.621. The van der Waals surface area contributed by atoms with Gasteiger partial charge in [0.25, 0.3) is 0 Å². The summed E-state index contributed by atoms with van der Waals surface area (Å²) in [4.78, 5) is 0.471. The number of halogens is 2. The zero-order chi connectivity index (χ0) is 11.8. The molecular formula is C15H14BrCl. The number of alkyl halides is 1. The summed E-state index contributed by atoms with van der Waals surface area (Å²) in [5.74, 6) is 0.791. The van der Waals surface area contributed by atoms with Gasteiger partial charge in [-0.05, 0) is 35.8 Å². The molecule has 1 aliphatic carbocycles. The Kier molecular flexibility index (Phi) is 3.14. The molecule has 0 radical (unpaired) electrons. The van der Waals surface area contributed by atoms with E-state index in [1.807, 2.05) is 12.1 Å². The number of hydrogen-bond donors (Lipinski definition) is 0. The zero-order valence-corrected chi connectivity index (χ0v) is 11.8. The van der Waals surface area contributed by atoms with Gasteiger partial charge in [0.15, 0.2) is 0 Å². The van der Waals surface area contributed by atoms with Crippen LogP contribution in [0.2, 0.25) is 5.02 Å². The smallest absolute Gasteiger partial charge is 0.0484 e. The Labute approximate surface area is 115 Å². The number of fused-ring (bicyclic) bond motifs is 1. The summed E-state index contributed by atoms with van der Waals surface area (Å²) < 4.78 is 0. The van der Waals surface area contributed by atoms with Crippen molar-refractivity contribution in [3.63, 3.8) is 0 Å². The number of benzene rings is 2. The van der Waals surface area contributed by atoms with Crippen molar-refractivity contribution in [2.75, 3.05) is 0 Å². The summed E-state index contributed by atoms with van der Waals surface area (Å²) in [5.41, 5.74) is 1.38. The van der Waals surface area contributed by atoms with E-state index in [0.29, 0.717) is 4.83 Å². The monoisotopic (exact) mass is 308 g/mol. The average molecular weight is 310 g/mol. The lowest BCUT2D eigenvalue weighted by Gasteiger charge is -2.31. The summed E-state index contributed by atoms with van der Waals surface area (Å²) >= 11 is 10.1. The molecule has 2 aromatic rings. The summed E-state index contributed by atoms with van der Waals surface area (Å²) in [7, 11) is 0. The fourth-order valence-electron chi connectivity index (χ4n) is 2.51. The molecule has 0 bridgehead atoms. The predicted octanol–water partition coefficient (Wildman–Crippen LogP) is 5.73. The lowest BCUT2D eigenvalue weighted by atomic mass is 9.80. The van der Waals surface area contributed by atoms with Gasteiger partial charge in [-0.25, -0.2) is 0 Å². The molecule has 0 nitrogen and oxygen atoms in total. The molecule has 0 amide bonds. The van der Waals surface area contributed by atoms with Crippen LogP contribution in [0.25, 0.3) is 10.8 Å². The molecule has 1 atom stereocenters. The SMILES string of the molecule is Clc1ccc(C(Br)C2CCC2)c2ccccc12. The van der Waals surface area contributed by atoms with Crippen molar-refractivity contribution in [3.05, 3.63) is 47.0 Å². The van der Waals surface area contributed by atoms with Crippen molar-refractivity contribution in [1.82, 2.24) is 0 Å². The highest BCUT2D eigenvalue weighted by Gasteiger charge is 2.27. The standard InChI is InChI=1S/C15H14BrCl/c16-15(10-4-3-5-10)13-8-9-14(17)12-7-2-1-6-11(12)13/h1-2,6-10,15H,3-5H2. The van der Waals surface area contributed by atoms with Crippen LogP contribution in [0.5, 0.6) is 0 Å². The van der Waals surface area contributed by atoms with Gasteiger partial charge in [-0.15, -0.1) is 0 Å². The Morgan fingerprint density at radius 1 is 1.06 bits per heavy atom. The maximum atomic E-state index is 6.25. The van der Waals surface area contributed by atoms with E-state index in [4.69, 9.17) is 11.6 Å². The summed E-state index contributed by atoms with van der Waals surface area (Å²) in [6, 6.07) is 12.6. The molecule has 3 rings (SSSR count). The molecule has 1 fully saturated rings. The van der Waals surface area contributed by atoms with Gasteiger partial charge in [-0.1, -0.05) is 64.3 Å². The van der Waals surface area contributed by atoms with Crippen LogP contribution in [-0.2, 0) is 0 Å². The maximum absolute atomic E-state index is 6.25. The van der Waals surface area contributed by atoms with Gasteiger partial charge >= 0.3 is 0 Å². The minimum atomic E-state index is 0.471. The summed E-state index contributed by atoms with van der Waals surface area (Å²) in [5, 5.41) is 3.29. The first kappa shape index (κ1) is 11.6. The first-order chi connectivity index (χ1) is 8.27. The molecule has 88 valence electrons. The second-order valence-electron chi connectivity index (χ2n) is 4.77. The van der Waals surface area contributed by atoms with E-state index in [1.54, 1.807) is 0 Å². The van der Waals surface area contributed by atoms with Crippen LogP contribution in [-0.4, -0.2) is 0 Å². The lowest BCUT2D eigenvalue weighted by Crippen LogP contribution is -2.16. The van der Waals surface area contributed by atoms with Crippen LogP contribution in [0.3, 0.4) is 0 Å². The van der Waals surface area contributed by atoms with Crippen molar-refractivity contribution in [1.29, 1.82) is 0 Å². The van der Waals surface area contributed by atoms with Gasteiger partial charge in [0.05, 0.1) is 0 Å². The molecule has 0 aromatic heterocycles. The Hall–Kier alpha value is -0.530. The highest BCUT2D eigenvalue weighted by molar-refractivity contribution is 9.09. The summed E-state index contributed by atoms with van der Waals surface area (Å²) in [6.45, 7) is 0. The van der Waals surface area contributed by atoms with E-state index in [2.05, 4.69) is 40.2 Å². The Morgan fingerprint density at radius 2 is 1.76 bits per heavy atom. The molecule has 1 saturated carbocycles. The zero-order valence-electron chi connectivity index (χ0n) is 9.50. The Bertz CT molecular complexity index is 546. The minimum absolute atomic E-state index is 0.471. The average Bonchev–Trinajstić information content (AvgIpc) is 2.27. The van der Waals surface area contributed by atoms with Crippen molar-refractivity contribution >= 4 is 38.3 Å². The summed E-state index contributed by atoms with van der Waals surface area (Å²) in [6.07, 6.45) is 4.05. The molecule has 2 aromatic carbocycles. The molecule has 0 N–H and O–H groups in total. The fourth-order valence-corrected chi connectivity index (χ4v) is 3.67. The molecule has 0 spiro atoms. The van der Waals surface area contributed by atoms with Gasteiger partial charge < -0.3 is 0 Å². The molecule has 1 unspecified atom stereocenters. The van der Waals surface area contributed by atoms with E-state index in [9.17, 15) is 0 Å². The predicted molar refractivity (Wildman–Crippen MR) is 78.0 cm³/mol. The van der Waals surface area contributed by atoms with E-state index in [-0.39, 0.29) is 0 Å². The minimum Gasteiger partial charge on any atom is -0.0837 e. The van der Waals surface area contributed by atoms with E-state index in [1.165, 1.54) is 30.2 Å². The second-order valence-corrected chi connectivity index (χ2v) is 6.17. The highest BCUT2D eigenvalue weighted by Crippen LogP contribution is 2.45. The molecule has 1 aliphatic rings. The number of rotatable bonds is 2. The number of hydrogen-bond acceptors (Lipinski definition) is 0. The highest BCUT2D eigenvalue weighted by atomic mass is 79.9. The fraction of sp³-hybridized carbons (Fsp3) is 0.333. The van der Waals surface area contributed by atoms with Gasteiger partial charge in [0.2, 0.25) is 0 Å². The van der Waals surface area contributed by atoms with Crippen molar-refractivity contribution in [2.45, 2.75) is 24.1 Å². The van der Waals surface area contributed by atoms with Crippen molar-refractivity contribution < 1.29 is 0 Å². The molecule has 0 aliphatic heterocycles. The lowest BCUT2D eigenvalue weighted by molar-refractivity contribution is 0.313. The van der Waals surface area contributed by atoms with E-state index >= 15 is 0 Å². The van der Waals surface area contributed by atoms with Gasteiger partial charge in [0.1, 0.15) is 0 Å². The van der Waals surface area contributed by atoms with Crippen molar-refractivity contribution in [3.8, 4) is 0 Å². The van der Waals surface area contributed by atoms with Crippen LogP contribution in [0.1, 0.15) is 29.7 Å². The third-order valence-corrected chi connectivity index (χ3v) is 5.34. The molecule has 17 heavy (non-hydrogen) atoms. The second kappa shape index (κ2) is 4.62. The largest absolute Gasteiger partial charge is 0.0837 e. The first-order valence-corrected chi connectivity index (χ1v) is 7.38. The van der Waals surface area contributed by atoms with Gasteiger partial charge in [-0.3, -0.25) is 0 Å². The van der Waals surface area contributed by atoms with Crippen LogP contribution in [0.15, 0.2) is 36.4 Å². The third kappa shape index (κ3) is 2.00. The molecule has 2 heteroatoms. The van der Waals surface area contributed by atoms with Crippen LogP contribution >= 0.6 is 27.5 Å². The van der Waals surface area contributed by atoms with Crippen LogP contribution in [0, 0.1) is 5.92 Å². The normalized spacial score (nSPS) is 18.0. The topological polar surface area (TPSA) is 0 Å². The van der Waals surface area contributed by atoms with E-state index in [0.717, 1.165) is 16.3 Å². The Morgan fingerprint density at radius 3 is 2.41 bits per heavy atom. The molecule has 0 saturated heterocycles. The Balaban J connectivity index is 2.12. The van der Waals surface area contributed by atoms with Crippen LogP contribution < -0.4 is 0 Å². The van der Waals surface area contributed by atoms with Crippen molar-refractivity contribution in [2.24, 2.45) is 5.92 Å². The molecule has 0 heterocycles. The van der Waals surface area contributed by atoms with Crippen LogP contribution in [0.4, 0.5) is 0 Å². The van der Waals surface area contributed by atoms with Gasteiger partial charge in [-0.2, -0.15) is 0 Å². The third-order valence-electron chi connectivity index (χ3n) is 3.77. The first-order valence-electron chi connectivity index (χ1n) is 6.08.